The van der Waals surface area contributed by atoms with Gasteiger partial charge >= 0.3 is 0 Å². The fourth-order valence-corrected chi connectivity index (χ4v) is 11.7. The molecule has 7 heterocycles. The van der Waals surface area contributed by atoms with E-state index in [9.17, 15) is 4.79 Å². The number of hydrogen-bond donors (Lipinski definition) is 0. The Morgan fingerprint density at radius 3 is 0.909 bits per heavy atom. The van der Waals surface area contributed by atoms with Gasteiger partial charge in [0.25, 0.3) is 5.56 Å². The summed E-state index contributed by atoms with van der Waals surface area (Å²) in [5.74, 6) is 5.64. The van der Waals surface area contributed by atoms with Crippen molar-refractivity contribution < 1.29 is 0 Å². The number of hydrogen-bond acceptors (Lipinski definition) is 7. The summed E-state index contributed by atoms with van der Waals surface area (Å²) in [6.45, 7) is 90.0. The summed E-state index contributed by atoms with van der Waals surface area (Å²) in [5.41, 5.74) is 13.3. The second kappa shape index (κ2) is 31.8. The molecule has 564 valence electrons. The third-order valence-corrected chi connectivity index (χ3v) is 17.2. The Morgan fingerprint density at radius 1 is 0.323 bits per heavy atom. The van der Waals surface area contributed by atoms with Crippen molar-refractivity contribution in [1.82, 2.24) is 62.6 Å². The van der Waals surface area contributed by atoms with Crippen LogP contribution in [-0.4, -0.2) is 62.6 Å². The molecule has 0 saturated heterocycles. The summed E-state index contributed by atoms with van der Waals surface area (Å²) in [6.07, 6.45) is 6.19. The van der Waals surface area contributed by atoms with Crippen LogP contribution in [0, 0.1) is 0 Å². The largest absolute Gasteiger partial charge is 0.354 e. The van der Waals surface area contributed by atoms with Gasteiger partial charge in [-0.1, -0.05) is 284 Å². The van der Waals surface area contributed by atoms with E-state index in [4.69, 9.17) is 0 Å². The van der Waals surface area contributed by atoms with Gasteiger partial charge in [0.2, 0.25) is 0 Å². The van der Waals surface area contributed by atoms with Crippen LogP contribution in [0.5, 0.6) is 0 Å². The molecule has 14 nitrogen and oxygen atoms in total. The molecule has 0 aromatic carbocycles. The summed E-state index contributed by atoms with van der Waals surface area (Å²) in [7, 11) is 14.3. The molecule has 0 amide bonds. The van der Waals surface area contributed by atoms with Crippen molar-refractivity contribution >= 4 is 0 Å². The first-order chi connectivity index (χ1) is 43.5. The number of imidazole rings is 1. The Kier molecular flexibility index (Phi) is 29.3. The second-order valence-corrected chi connectivity index (χ2v) is 41.7. The van der Waals surface area contributed by atoms with E-state index in [1.54, 1.807) is 4.57 Å². The number of nitrogens with zero attached hydrogens (tertiary/aromatic N) is 13. The lowest BCUT2D eigenvalue weighted by atomic mass is 9.82. The average molecular weight is 1370 g/mol. The summed E-state index contributed by atoms with van der Waals surface area (Å²) in [6, 6.07) is 11.1. The third kappa shape index (κ3) is 26.8. The number of rotatable bonds is 1. The fraction of sp³-hybridized carbons (Fsp3) is 0.729. The molecule has 99 heavy (non-hydrogen) atoms. The molecule has 14 heteroatoms. The quantitative estimate of drug-likeness (QED) is 0.160. The molecule has 0 aliphatic heterocycles. The smallest absolute Gasteiger partial charge is 0.254 e. The van der Waals surface area contributed by atoms with Crippen molar-refractivity contribution in [3.8, 4) is 0 Å². The molecule has 0 saturated carbocycles. The Balaban J connectivity index is 0.000000578. The van der Waals surface area contributed by atoms with Crippen LogP contribution in [0.25, 0.3) is 0 Å². The number of aryl methyl sites for hydroxylation is 4. The van der Waals surface area contributed by atoms with Crippen molar-refractivity contribution in [2.45, 2.75) is 360 Å². The van der Waals surface area contributed by atoms with Crippen LogP contribution in [-0.2, 0) is 120 Å². The molecule has 0 bridgehead atoms. The highest BCUT2D eigenvalue weighted by molar-refractivity contribution is 5.31. The highest BCUT2D eigenvalue weighted by Crippen LogP contribution is 2.34. The predicted molar refractivity (Wildman–Crippen MR) is 428 cm³/mol. The van der Waals surface area contributed by atoms with Gasteiger partial charge in [0.15, 0.2) is 5.82 Å². The highest BCUT2D eigenvalue weighted by atomic mass is 16.1. The second-order valence-electron chi connectivity index (χ2n) is 41.7. The van der Waals surface area contributed by atoms with Crippen molar-refractivity contribution in [3.63, 3.8) is 0 Å². The van der Waals surface area contributed by atoms with Crippen LogP contribution in [0.15, 0.2) is 53.7 Å². The highest BCUT2D eigenvalue weighted by Gasteiger charge is 2.31. The van der Waals surface area contributed by atoms with Crippen molar-refractivity contribution in [3.05, 3.63) is 139 Å². The monoisotopic (exact) mass is 1370 g/mol. The fourth-order valence-electron chi connectivity index (χ4n) is 11.7. The molecular weight excluding hydrogens is 1220 g/mol. The lowest BCUT2D eigenvalue weighted by Gasteiger charge is -2.25. The van der Waals surface area contributed by atoms with E-state index in [2.05, 4.69) is 390 Å². The van der Waals surface area contributed by atoms with Crippen LogP contribution in [0.2, 0.25) is 0 Å². The maximum absolute atomic E-state index is 12.1. The molecule has 0 radical (unpaired) electrons. The average Bonchev–Trinajstić information content (AvgIpc) is 1.77. The standard InChI is InChI=1S/C14H23NO.2C13H23N.2C12H22N2.C11H21N3.C10H19N3/c1-13(2,3)10-8-11(14(4,5)6)12(16)15(7)9-10;1-12(2,3)10-8-11(13(4,5)6)14(7)9-10;1-12(2,3)10-8-9-11(14(10)7)13(4,5)6;1-11(2,3)9-8-13-10(14(9)7)12(4,5)6;1-11(2,3)9-8-10(12(4,5)6)14(7)13-9;1-10(2,3)8-12-13-9(14(8)7)11(4,5)6;1-7(2)8-11-9(10(3,4)5)13(6)12-8/h8-9H,1-7H3;2*8-9H,1-7H3;2*8H,1-7H3;1-7H3;7H,1-6H3. The molecule has 0 spiro atoms. The van der Waals surface area contributed by atoms with Gasteiger partial charge in [0.1, 0.15) is 23.3 Å². The molecule has 0 aliphatic carbocycles. The first-order valence-electron chi connectivity index (χ1n) is 36.5. The number of aromatic nitrogens is 13. The zero-order chi connectivity index (χ0) is 78.7. The summed E-state index contributed by atoms with van der Waals surface area (Å²) >= 11 is 0. The maximum atomic E-state index is 12.1. The van der Waals surface area contributed by atoms with Gasteiger partial charge in [0.05, 0.1) is 5.69 Å². The molecule has 0 fully saturated rings. The van der Waals surface area contributed by atoms with E-state index in [1.807, 2.05) is 49.9 Å². The van der Waals surface area contributed by atoms with Crippen LogP contribution in [0.1, 0.15) is 370 Å². The molecule has 0 N–H and O–H groups in total. The zero-order valence-corrected chi connectivity index (χ0v) is 73.4. The minimum atomic E-state index is -0.101. The molecule has 7 aromatic heterocycles. The molecule has 0 unspecified atom stereocenters. The molecule has 7 rings (SSSR count). The van der Waals surface area contributed by atoms with E-state index < -0.39 is 0 Å². The predicted octanol–water partition coefficient (Wildman–Crippen LogP) is 20.9. The molecule has 7 aromatic rings. The lowest BCUT2D eigenvalue weighted by molar-refractivity contribution is 0.486. The molecule has 0 atom stereocenters. The van der Waals surface area contributed by atoms with Gasteiger partial charge < -0.3 is 22.8 Å². The van der Waals surface area contributed by atoms with Crippen LogP contribution >= 0.6 is 0 Å². The Morgan fingerprint density at radius 2 is 0.687 bits per heavy atom. The van der Waals surface area contributed by atoms with E-state index >= 15 is 0 Å². The first kappa shape index (κ1) is 91.2. The van der Waals surface area contributed by atoms with Crippen LogP contribution < -0.4 is 5.56 Å². The SMILES string of the molecule is CC(C)c1nc(C(C)(C)C)n(C)n1.Cn1c(C(C)(C)C)ccc1C(C)(C)C.Cn1c(C(C)(C)C)cnc1C(C)(C)C.Cn1c(C(C)(C)C)nnc1C(C)(C)C.Cn1cc(C(C)(C)C)cc(C(C)(C)C)c1=O.Cn1cc(C(C)(C)C)cc1C(C)(C)C.Cn1nc(C(C)(C)C)cc1C(C)(C)C. The summed E-state index contributed by atoms with van der Waals surface area (Å²) < 4.78 is 14.5. The molecular formula is C85H153N13O. The lowest BCUT2D eigenvalue weighted by Crippen LogP contribution is -2.30. The van der Waals surface area contributed by atoms with Gasteiger partial charge in [-0.3, -0.25) is 14.2 Å². The third-order valence-electron chi connectivity index (χ3n) is 17.2. The first-order valence-corrected chi connectivity index (χ1v) is 36.5. The minimum absolute atomic E-state index is 0.0608. The van der Waals surface area contributed by atoms with Gasteiger partial charge in [-0.05, 0) is 57.7 Å². The van der Waals surface area contributed by atoms with Gasteiger partial charge in [-0.25, -0.2) is 9.97 Å². The number of pyridine rings is 1. The van der Waals surface area contributed by atoms with E-state index in [0.29, 0.717) is 5.92 Å². The summed E-state index contributed by atoms with van der Waals surface area (Å²) in [5, 5.41) is 17.5. The Labute approximate surface area is 608 Å². The zero-order valence-electron chi connectivity index (χ0n) is 73.4. The Hall–Kier alpha value is -5.79. The van der Waals surface area contributed by atoms with E-state index in [0.717, 1.165) is 34.7 Å². The van der Waals surface area contributed by atoms with Crippen LogP contribution in [0.4, 0.5) is 0 Å². The van der Waals surface area contributed by atoms with Crippen molar-refractivity contribution in [2.75, 3.05) is 0 Å². The molecule has 0 aliphatic rings. The van der Waals surface area contributed by atoms with Gasteiger partial charge in [-0.15, -0.1) is 10.2 Å². The topological polar surface area (TPSA) is 129 Å². The van der Waals surface area contributed by atoms with E-state index in [1.165, 1.54) is 45.3 Å². The normalized spacial score (nSPS) is 13.2. The summed E-state index contributed by atoms with van der Waals surface area (Å²) in [4.78, 5) is 21.1. The van der Waals surface area contributed by atoms with Gasteiger partial charge in [0, 0.05) is 162 Å². The van der Waals surface area contributed by atoms with Crippen molar-refractivity contribution in [2.24, 2.45) is 49.3 Å². The van der Waals surface area contributed by atoms with E-state index in [-0.39, 0.29) is 76.0 Å². The minimum Gasteiger partial charge on any atom is -0.354 e. The Bertz CT molecular complexity index is 3350. The van der Waals surface area contributed by atoms with Crippen LogP contribution in [0.3, 0.4) is 0 Å². The van der Waals surface area contributed by atoms with Crippen molar-refractivity contribution in [1.29, 1.82) is 0 Å². The van der Waals surface area contributed by atoms with Gasteiger partial charge in [-0.2, -0.15) is 10.2 Å². The maximum Gasteiger partial charge on any atom is 0.254 e.